The Bertz CT molecular complexity index is 534. The standard InChI is InChI=1S/C16H20FNO3/c1-3-21-11-9-18(2)16(20)14-8-7-13(15(17)12-14)6-4-5-10-19/h7-8,12,19H,3,5,9-11H2,1-2H3. The number of carbonyl (C=O) groups is 1. The van der Waals surface area contributed by atoms with Gasteiger partial charge in [-0.15, -0.1) is 0 Å². The molecule has 4 nitrogen and oxygen atoms in total. The van der Waals surface area contributed by atoms with E-state index in [-0.39, 0.29) is 23.6 Å². The highest BCUT2D eigenvalue weighted by Gasteiger charge is 2.13. The lowest BCUT2D eigenvalue weighted by Gasteiger charge is -2.17. The summed E-state index contributed by atoms with van der Waals surface area (Å²) in [5.41, 5.74) is 0.496. The summed E-state index contributed by atoms with van der Waals surface area (Å²) in [7, 11) is 1.65. The van der Waals surface area contributed by atoms with Crippen molar-refractivity contribution in [3.63, 3.8) is 0 Å². The van der Waals surface area contributed by atoms with Crippen LogP contribution in [0, 0.1) is 17.7 Å². The average molecular weight is 293 g/mol. The molecule has 0 aliphatic carbocycles. The predicted octanol–water partition coefficient (Wildman–Crippen LogP) is 1.67. The van der Waals surface area contributed by atoms with Crippen molar-refractivity contribution in [1.82, 2.24) is 4.90 Å². The maximum atomic E-state index is 13.8. The Labute approximate surface area is 124 Å². The Hall–Kier alpha value is -1.90. The van der Waals surface area contributed by atoms with Crippen LogP contribution in [0.3, 0.4) is 0 Å². The SMILES string of the molecule is CCOCCN(C)C(=O)c1ccc(C#CCCO)c(F)c1. The van der Waals surface area contributed by atoms with Crippen molar-refractivity contribution in [2.24, 2.45) is 0 Å². The minimum atomic E-state index is -0.538. The molecule has 1 aromatic carbocycles. The van der Waals surface area contributed by atoms with Gasteiger partial charge in [0.1, 0.15) is 5.82 Å². The average Bonchev–Trinajstić information content (AvgIpc) is 2.48. The lowest BCUT2D eigenvalue weighted by molar-refractivity contribution is 0.0709. The Morgan fingerprint density at radius 3 is 2.86 bits per heavy atom. The highest BCUT2D eigenvalue weighted by atomic mass is 19.1. The second-order valence-electron chi connectivity index (χ2n) is 4.39. The molecule has 0 saturated carbocycles. The molecule has 1 amide bonds. The quantitative estimate of drug-likeness (QED) is 0.641. The van der Waals surface area contributed by atoms with Gasteiger partial charge in [0.05, 0.1) is 18.8 Å². The van der Waals surface area contributed by atoms with Gasteiger partial charge in [0.25, 0.3) is 5.91 Å². The number of amides is 1. The van der Waals surface area contributed by atoms with Crippen LogP contribution in [0.2, 0.25) is 0 Å². The molecule has 1 aromatic rings. The van der Waals surface area contributed by atoms with E-state index in [2.05, 4.69) is 11.8 Å². The lowest BCUT2D eigenvalue weighted by atomic mass is 10.1. The van der Waals surface area contributed by atoms with Crippen molar-refractivity contribution in [1.29, 1.82) is 0 Å². The Morgan fingerprint density at radius 1 is 1.48 bits per heavy atom. The second kappa shape index (κ2) is 9.11. The molecule has 0 spiro atoms. The molecule has 21 heavy (non-hydrogen) atoms. The highest BCUT2D eigenvalue weighted by molar-refractivity contribution is 5.94. The van der Waals surface area contributed by atoms with Gasteiger partial charge < -0.3 is 14.7 Å². The maximum Gasteiger partial charge on any atom is 0.253 e. The number of likely N-dealkylation sites (N-methyl/N-ethyl adjacent to an activating group) is 1. The van der Waals surface area contributed by atoms with E-state index in [1.54, 1.807) is 13.1 Å². The summed E-state index contributed by atoms with van der Waals surface area (Å²) in [6.07, 6.45) is 0.292. The van der Waals surface area contributed by atoms with E-state index in [4.69, 9.17) is 9.84 Å². The zero-order chi connectivity index (χ0) is 15.7. The van der Waals surface area contributed by atoms with Crippen molar-refractivity contribution in [3.05, 3.63) is 35.1 Å². The third kappa shape index (κ3) is 5.54. The fraction of sp³-hybridized carbons (Fsp3) is 0.438. The molecule has 0 aliphatic rings. The van der Waals surface area contributed by atoms with Crippen molar-refractivity contribution in [2.45, 2.75) is 13.3 Å². The van der Waals surface area contributed by atoms with Gasteiger partial charge in [0.15, 0.2) is 0 Å². The van der Waals surface area contributed by atoms with Crippen LogP contribution < -0.4 is 0 Å². The van der Waals surface area contributed by atoms with Crippen molar-refractivity contribution in [3.8, 4) is 11.8 Å². The number of hydrogen-bond donors (Lipinski definition) is 1. The monoisotopic (exact) mass is 293 g/mol. The van der Waals surface area contributed by atoms with E-state index < -0.39 is 5.82 Å². The van der Waals surface area contributed by atoms with Crippen LogP contribution >= 0.6 is 0 Å². The molecule has 0 fully saturated rings. The van der Waals surface area contributed by atoms with Crippen molar-refractivity contribution in [2.75, 3.05) is 33.4 Å². The van der Waals surface area contributed by atoms with Crippen LogP contribution in [-0.4, -0.2) is 49.3 Å². The molecule has 1 N–H and O–H groups in total. The van der Waals surface area contributed by atoms with Crippen LogP contribution in [0.15, 0.2) is 18.2 Å². The Balaban J connectivity index is 2.74. The zero-order valence-corrected chi connectivity index (χ0v) is 12.4. The summed E-state index contributed by atoms with van der Waals surface area (Å²) in [5.74, 6) is 4.47. The second-order valence-corrected chi connectivity index (χ2v) is 4.39. The number of benzene rings is 1. The number of aliphatic hydroxyl groups is 1. The first-order valence-corrected chi connectivity index (χ1v) is 6.82. The first-order valence-electron chi connectivity index (χ1n) is 6.82. The van der Waals surface area contributed by atoms with E-state index in [9.17, 15) is 9.18 Å². The third-order valence-electron chi connectivity index (χ3n) is 2.80. The van der Waals surface area contributed by atoms with Gasteiger partial charge in [-0.1, -0.05) is 11.8 Å². The summed E-state index contributed by atoms with van der Waals surface area (Å²) in [5, 5.41) is 8.62. The number of ether oxygens (including phenoxy) is 1. The van der Waals surface area contributed by atoms with Crippen molar-refractivity contribution >= 4 is 5.91 Å². The molecule has 0 aromatic heterocycles. The van der Waals surface area contributed by atoms with Crippen LogP contribution in [-0.2, 0) is 4.74 Å². The van der Waals surface area contributed by atoms with Gasteiger partial charge in [-0.05, 0) is 25.1 Å². The van der Waals surface area contributed by atoms with Gasteiger partial charge in [-0.25, -0.2) is 4.39 Å². The summed E-state index contributed by atoms with van der Waals surface area (Å²) >= 11 is 0. The van der Waals surface area contributed by atoms with Crippen LogP contribution in [0.25, 0.3) is 0 Å². The predicted molar refractivity (Wildman–Crippen MR) is 78.4 cm³/mol. The number of halogens is 1. The normalized spacial score (nSPS) is 9.90. The molecule has 0 atom stereocenters. The number of rotatable bonds is 6. The number of carbonyl (C=O) groups excluding carboxylic acids is 1. The largest absolute Gasteiger partial charge is 0.395 e. The number of aliphatic hydroxyl groups excluding tert-OH is 1. The van der Waals surface area contributed by atoms with E-state index >= 15 is 0 Å². The summed E-state index contributed by atoms with van der Waals surface area (Å²) < 4.78 is 19.0. The van der Waals surface area contributed by atoms with Crippen LogP contribution in [0.5, 0.6) is 0 Å². The van der Waals surface area contributed by atoms with Gasteiger partial charge in [-0.3, -0.25) is 4.79 Å². The molecule has 5 heteroatoms. The summed E-state index contributed by atoms with van der Waals surface area (Å²) in [6, 6.07) is 4.21. The summed E-state index contributed by atoms with van der Waals surface area (Å²) in [6.45, 7) is 3.32. The van der Waals surface area contributed by atoms with Gasteiger partial charge in [0, 0.05) is 32.2 Å². The molecule has 114 valence electrons. The minimum absolute atomic E-state index is 0.0597. The van der Waals surface area contributed by atoms with E-state index in [0.29, 0.717) is 26.2 Å². The molecule has 0 aliphatic heterocycles. The van der Waals surface area contributed by atoms with E-state index in [0.717, 1.165) is 0 Å². The number of nitrogens with zero attached hydrogens (tertiary/aromatic N) is 1. The first-order chi connectivity index (χ1) is 10.1. The Kier molecular flexibility index (Phi) is 7.44. The molecule has 0 saturated heterocycles. The first kappa shape index (κ1) is 17.2. The summed E-state index contributed by atoms with van der Waals surface area (Å²) in [4.78, 5) is 13.6. The van der Waals surface area contributed by atoms with Crippen LogP contribution in [0.1, 0.15) is 29.3 Å². The molecule has 0 radical (unpaired) electrons. The van der Waals surface area contributed by atoms with E-state index in [1.807, 2.05) is 6.92 Å². The topological polar surface area (TPSA) is 49.8 Å². The van der Waals surface area contributed by atoms with Gasteiger partial charge in [0.2, 0.25) is 0 Å². The molecule has 0 bridgehead atoms. The van der Waals surface area contributed by atoms with Gasteiger partial charge >= 0.3 is 0 Å². The van der Waals surface area contributed by atoms with E-state index in [1.165, 1.54) is 17.0 Å². The molecular weight excluding hydrogens is 273 g/mol. The fourth-order valence-electron chi connectivity index (χ4n) is 1.63. The lowest BCUT2D eigenvalue weighted by Crippen LogP contribution is -2.30. The molecule has 0 heterocycles. The van der Waals surface area contributed by atoms with Crippen molar-refractivity contribution < 1.29 is 19.0 Å². The van der Waals surface area contributed by atoms with Crippen LogP contribution in [0.4, 0.5) is 4.39 Å². The third-order valence-corrected chi connectivity index (χ3v) is 2.80. The highest BCUT2D eigenvalue weighted by Crippen LogP contribution is 2.11. The smallest absolute Gasteiger partial charge is 0.253 e. The maximum absolute atomic E-state index is 13.8. The molecular formula is C16H20FNO3. The minimum Gasteiger partial charge on any atom is -0.395 e. The zero-order valence-electron chi connectivity index (χ0n) is 12.4. The number of hydrogen-bond acceptors (Lipinski definition) is 3. The molecule has 0 unspecified atom stereocenters. The fourth-order valence-corrected chi connectivity index (χ4v) is 1.63. The molecule has 1 rings (SSSR count). The Morgan fingerprint density at radius 2 is 2.24 bits per heavy atom. The van der Waals surface area contributed by atoms with Gasteiger partial charge in [-0.2, -0.15) is 0 Å².